The van der Waals surface area contributed by atoms with Gasteiger partial charge in [0.1, 0.15) is 5.54 Å². The van der Waals surface area contributed by atoms with Crippen LogP contribution in [-0.4, -0.2) is 34.5 Å². The highest BCUT2D eigenvalue weighted by molar-refractivity contribution is 5.85. The smallest absolute Gasteiger partial charge is 0.227 e. The summed E-state index contributed by atoms with van der Waals surface area (Å²) in [6.45, 7) is 3.99. The lowest BCUT2D eigenvalue weighted by molar-refractivity contribution is -0.122. The molecule has 1 aromatic rings. The van der Waals surface area contributed by atoms with Gasteiger partial charge in [-0.2, -0.15) is 4.98 Å². The van der Waals surface area contributed by atoms with Crippen molar-refractivity contribution in [1.29, 1.82) is 0 Å². The zero-order valence-corrected chi connectivity index (χ0v) is 17.1. The van der Waals surface area contributed by atoms with E-state index in [-0.39, 0.29) is 36.7 Å². The average Bonchev–Trinajstić information content (AvgIpc) is 2.93. The predicted octanol–water partition coefficient (Wildman–Crippen LogP) is 1.96. The van der Waals surface area contributed by atoms with Crippen LogP contribution in [0.25, 0.3) is 0 Å². The summed E-state index contributed by atoms with van der Waals surface area (Å²) in [4.78, 5) is 28.1. The lowest BCUT2D eigenvalue weighted by Crippen LogP contribution is -2.45. The number of carbonyl (C=O) groups is 2. The van der Waals surface area contributed by atoms with Gasteiger partial charge in [0.25, 0.3) is 0 Å². The fourth-order valence-corrected chi connectivity index (χ4v) is 3.37. The van der Waals surface area contributed by atoms with Crippen molar-refractivity contribution in [3.63, 3.8) is 0 Å². The lowest BCUT2D eigenvalue weighted by Gasteiger charge is -2.30. The Balaban J connectivity index is 0.00000364. The molecule has 0 aliphatic heterocycles. The molecule has 1 saturated carbocycles. The third-order valence-electron chi connectivity index (χ3n) is 4.76. The molecule has 1 aromatic heterocycles. The van der Waals surface area contributed by atoms with Crippen molar-refractivity contribution < 1.29 is 14.1 Å². The van der Waals surface area contributed by atoms with Crippen LogP contribution in [0.15, 0.2) is 4.52 Å². The summed E-state index contributed by atoms with van der Waals surface area (Å²) < 4.78 is 5.35. The third kappa shape index (κ3) is 7.46. The van der Waals surface area contributed by atoms with Gasteiger partial charge in [0.15, 0.2) is 5.82 Å². The number of nitrogens with one attached hydrogen (secondary N) is 2. The van der Waals surface area contributed by atoms with Gasteiger partial charge in [-0.05, 0) is 26.2 Å². The van der Waals surface area contributed by atoms with Gasteiger partial charge in [-0.25, -0.2) is 0 Å². The van der Waals surface area contributed by atoms with Gasteiger partial charge in [-0.3, -0.25) is 9.59 Å². The molecule has 0 aromatic carbocycles. The Hall–Kier alpha value is -1.67. The van der Waals surface area contributed by atoms with Crippen molar-refractivity contribution in [2.45, 2.75) is 83.2 Å². The first-order valence-corrected chi connectivity index (χ1v) is 9.55. The first kappa shape index (κ1) is 23.4. The van der Waals surface area contributed by atoms with E-state index < -0.39 is 5.54 Å². The van der Waals surface area contributed by atoms with Crippen LogP contribution in [0.4, 0.5) is 0 Å². The molecule has 0 bridgehead atoms. The maximum Gasteiger partial charge on any atom is 0.227 e. The second kappa shape index (κ2) is 11.2. The fraction of sp³-hybridized carbons (Fsp3) is 0.778. The number of amides is 2. The van der Waals surface area contributed by atoms with E-state index in [9.17, 15) is 9.59 Å². The maximum absolute atomic E-state index is 11.9. The lowest BCUT2D eigenvalue weighted by atomic mass is 9.89. The summed E-state index contributed by atoms with van der Waals surface area (Å²) in [5.74, 6) is 0.807. The Morgan fingerprint density at radius 1 is 1.26 bits per heavy atom. The van der Waals surface area contributed by atoms with Gasteiger partial charge < -0.3 is 20.9 Å². The first-order chi connectivity index (χ1) is 12.4. The number of rotatable bonds is 8. The highest BCUT2D eigenvalue weighted by atomic mass is 35.5. The van der Waals surface area contributed by atoms with Crippen LogP contribution in [0.2, 0.25) is 0 Å². The first-order valence-electron chi connectivity index (χ1n) is 9.55. The van der Waals surface area contributed by atoms with Crippen LogP contribution >= 0.6 is 12.4 Å². The molecule has 0 spiro atoms. The molecule has 1 fully saturated rings. The Morgan fingerprint density at radius 2 is 1.93 bits per heavy atom. The number of nitrogens with zero attached hydrogens (tertiary/aromatic N) is 2. The molecule has 0 radical (unpaired) electrons. The number of hydrogen-bond donors (Lipinski definition) is 3. The van der Waals surface area contributed by atoms with Crippen LogP contribution in [0.3, 0.4) is 0 Å². The standard InChI is InChI=1S/C18H31N5O3.ClH/c1-13(19)9-12-20-15(25)7-8-16-21-17(23-26-16)18(22-14(2)24)10-5-3-4-6-11-18;/h13H,3-12,19H2,1-2H3,(H,20,25)(H,22,24);1H. The zero-order valence-electron chi connectivity index (χ0n) is 16.3. The molecule has 9 heteroatoms. The van der Waals surface area contributed by atoms with Crippen LogP contribution in [0.1, 0.15) is 76.9 Å². The highest BCUT2D eigenvalue weighted by Crippen LogP contribution is 2.34. The van der Waals surface area contributed by atoms with Crippen molar-refractivity contribution in [1.82, 2.24) is 20.8 Å². The molecular weight excluding hydrogens is 370 g/mol. The summed E-state index contributed by atoms with van der Waals surface area (Å²) >= 11 is 0. The van der Waals surface area contributed by atoms with Crippen LogP contribution in [-0.2, 0) is 21.5 Å². The average molecular weight is 402 g/mol. The van der Waals surface area contributed by atoms with E-state index >= 15 is 0 Å². The minimum atomic E-state index is -0.552. The molecule has 1 atom stereocenters. The highest BCUT2D eigenvalue weighted by Gasteiger charge is 2.38. The topological polar surface area (TPSA) is 123 Å². The molecule has 8 nitrogen and oxygen atoms in total. The molecule has 2 amide bonds. The number of aryl methyl sites for hydroxylation is 1. The molecule has 4 N–H and O–H groups in total. The van der Waals surface area contributed by atoms with Crippen molar-refractivity contribution in [3.8, 4) is 0 Å². The summed E-state index contributed by atoms with van der Waals surface area (Å²) in [7, 11) is 0. The summed E-state index contributed by atoms with van der Waals surface area (Å²) in [5, 5.41) is 10.0. The molecule has 27 heavy (non-hydrogen) atoms. The van der Waals surface area contributed by atoms with Gasteiger partial charge in [0.05, 0.1) is 0 Å². The normalized spacial score (nSPS) is 17.3. The predicted molar refractivity (Wildman–Crippen MR) is 104 cm³/mol. The van der Waals surface area contributed by atoms with E-state index in [0.717, 1.165) is 44.9 Å². The van der Waals surface area contributed by atoms with Gasteiger partial charge in [0, 0.05) is 32.4 Å². The van der Waals surface area contributed by atoms with E-state index in [1.165, 1.54) is 6.92 Å². The minimum absolute atomic E-state index is 0. The van der Waals surface area contributed by atoms with Gasteiger partial charge in [0.2, 0.25) is 17.7 Å². The van der Waals surface area contributed by atoms with Crippen molar-refractivity contribution >= 4 is 24.2 Å². The summed E-state index contributed by atoms with van der Waals surface area (Å²) in [6.07, 6.45) is 7.36. The van der Waals surface area contributed by atoms with E-state index in [1.807, 2.05) is 6.92 Å². The monoisotopic (exact) mass is 401 g/mol. The molecule has 2 rings (SSSR count). The number of halogens is 1. The number of hydrogen-bond acceptors (Lipinski definition) is 6. The third-order valence-corrected chi connectivity index (χ3v) is 4.76. The van der Waals surface area contributed by atoms with Crippen LogP contribution < -0.4 is 16.4 Å². The van der Waals surface area contributed by atoms with Gasteiger partial charge in [-0.1, -0.05) is 30.8 Å². The largest absolute Gasteiger partial charge is 0.356 e. The van der Waals surface area contributed by atoms with Crippen molar-refractivity contribution in [3.05, 3.63) is 11.7 Å². The molecular formula is C18H32ClN5O3. The number of aromatic nitrogens is 2. The number of nitrogens with two attached hydrogens (primary N) is 1. The molecule has 1 unspecified atom stereocenters. The Morgan fingerprint density at radius 3 is 2.52 bits per heavy atom. The second-order valence-electron chi connectivity index (χ2n) is 7.31. The SMILES string of the molecule is CC(=O)NC1(c2noc(CCC(=O)NCCC(C)N)n2)CCCCCC1.Cl. The Bertz CT molecular complexity index is 598. The molecule has 154 valence electrons. The molecule has 1 heterocycles. The minimum Gasteiger partial charge on any atom is -0.356 e. The maximum atomic E-state index is 11.9. The van der Waals surface area contributed by atoms with Crippen LogP contribution in [0, 0.1) is 0 Å². The Kier molecular flexibility index (Phi) is 9.73. The second-order valence-corrected chi connectivity index (χ2v) is 7.31. The fourth-order valence-electron chi connectivity index (χ4n) is 3.37. The van der Waals surface area contributed by atoms with Crippen molar-refractivity contribution in [2.24, 2.45) is 5.73 Å². The van der Waals surface area contributed by atoms with E-state index in [1.54, 1.807) is 0 Å². The summed E-state index contributed by atoms with van der Waals surface area (Å²) in [5.41, 5.74) is 5.11. The van der Waals surface area contributed by atoms with E-state index in [0.29, 0.717) is 24.7 Å². The molecule has 0 saturated heterocycles. The Labute approximate surface area is 166 Å². The zero-order chi connectivity index (χ0) is 19.0. The summed E-state index contributed by atoms with van der Waals surface area (Å²) in [6, 6.07) is 0.0679. The van der Waals surface area contributed by atoms with Gasteiger partial charge >= 0.3 is 0 Å². The van der Waals surface area contributed by atoms with Crippen LogP contribution in [0.5, 0.6) is 0 Å². The molecule has 1 aliphatic rings. The quantitative estimate of drug-likeness (QED) is 0.572. The number of carbonyl (C=O) groups excluding carboxylic acids is 2. The van der Waals surface area contributed by atoms with Crippen molar-refractivity contribution in [2.75, 3.05) is 6.54 Å². The van der Waals surface area contributed by atoms with E-state index in [2.05, 4.69) is 20.8 Å². The van der Waals surface area contributed by atoms with Gasteiger partial charge in [-0.15, -0.1) is 12.4 Å². The van der Waals surface area contributed by atoms with E-state index in [4.69, 9.17) is 10.3 Å². The molecule has 1 aliphatic carbocycles.